The van der Waals surface area contributed by atoms with Crippen molar-refractivity contribution in [2.24, 2.45) is 0 Å². The third-order valence-corrected chi connectivity index (χ3v) is 2.42. The topological polar surface area (TPSA) is 37.3 Å². The van der Waals surface area contributed by atoms with Crippen molar-refractivity contribution in [3.05, 3.63) is 29.3 Å². The lowest BCUT2D eigenvalue weighted by Crippen LogP contribution is -1.99. The van der Waals surface area contributed by atoms with Gasteiger partial charge in [-0.2, -0.15) is 0 Å². The first kappa shape index (κ1) is 10.3. The number of Topliss-reactive ketones (excluding diaryl/α,β-unsaturated/α-hetero) is 1. The van der Waals surface area contributed by atoms with Gasteiger partial charge in [-0.1, -0.05) is 35.0 Å². The summed E-state index contributed by atoms with van der Waals surface area (Å²) < 4.78 is 0. The molecule has 0 aromatic heterocycles. The minimum atomic E-state index is -0.0158. The summed E-state index contributed by atoms with van der Waals surface area (Å²) in [5.74, 6) is 0.187. The quantitative estimate of drug-likeness (QED) is 0.654. The number of halogens is 1. The number of rotatable bonds is 3. The molecule has 0 heterocycles. The Morgan fingerprint density at radius 3 is 2.69 bits per heavy atom. The monoisotopic (exact) mass is 242 g/mol. The average Bonchev–Trinajstić information content (AvgIpc) is 2.16. The second-order valence-corrected chi connectivity index (χ2v) is 3.31. The first-order valence-electron chi connectivity index (χ1n) is 4.10. The second kappa shape index (κ2) is 4.42. The van der Waals surface area contributed by atoms with Crippen molar-refractivity contribution in [3.8, 4) is 5.75 Å². The SMILES string of the molecule is CCc1ccc(C(=O)CBr)cc1O. The van der Waals surface area contributed by atoms with Gasteiger partial charge >= 0.3 is 0 Å². The molecule has 0 saturated carbocycles. The maximum atomic E-state index is 11.2. The van der Waals surface area contributed by atoms with E-state index in [1.807, 2.05) is 6.92 Å². The molecule has 1 aromatic carbocycles. The first-order valence-corrected chi connectivity index (χ1v) is 5.22. The van der Waals surface area contributed by atoms with Gasteiger partial charge in [-0.25, -0.2) is 0 Å². The summed E-state index contributed by atoms with van der Waals surface area (Å²) in [7, 11) is 0. The Morgan fingerprint density at radius 1 is 1.54 bits per heavy atom. The van der Waals surface area contributed by atoms with E-state index in [-0.39, 0.29) is 16.9 Å². The van der Waals surface area contributed by atoms with E-state index in [0.29, 0.717) is 5.56 Å². The van der Waals surface area contributed by atoms with Crippen LogP contribution in [0.3, 0.4) is 0 Å². The van der Waals surface area contributed by atoms with Crippen LogP contribution in [0.2, 0.25) is 0 Å². The average molecular weight is 243 g/mol. The zero-order valence-electron chi connectivity index (χ0n) is 7.38. The first-order chi connectivity index (χ1) is 6.19. The molecule has 2 nitrogen and oxygen atoms in total. The lowest BCUT2D eigenvalue weighted by Gasteiger charge is -2.03. The standard InChI is InChI=1S/C10H11BrO2/c1-2-7-3-4-8(5-9(7)12)10(13)6-11/h3-5,12H,2,6H2,1H3. The Kier molecular flexibility index (Phi) is 3.48. The number of phenols is 1. The number of hydrogen-bond acceptors (Lipinski definition) is 2. The van der Waals surface area contributed by atoms with E-state index < -0.39 is 0 Å². The van der Waals surface area contributed by atoms with Crippen molar-refractivity contribution in [2.75, 3.05) is 5.33 Å². The van der Waals surface area contributed by atoms with Crippen LogP contribution in [0.25, 0.3) is 0 Å². The fourth-order valence-electron chi connectivity index (χ4n) is 1.11. The highest BCUT2D eigenvalue weighted by molar-refractivity contribution is 9.09. The zero-order valence-corrected chi connectivity index (χ0v) is 8.97. The molecule has 0 amide bonds. The maximum absolute atomic E-state index is 11.2. The van der Waals surface area contributed by atoms with Crippen molar-refractivity contribution in [2.45, 2.75) is 13.3 Å². The number of benzene rings is 1. The summed E-state index contributed by atoms with van der Waals surface area (Å²) in [4.78, 5) is 11.2. The Balaban J connectivity index is 3.02. The fraction of sp³-hybridized carbons (Fsp3) is 0.300. The van der Waals surface area contributed by atoms with E-state index in [1.54, 1.807) is 12.1 Å². The van der Waals surface area contributed by atoms with Gasteiger partial charge in [0.05, 0.1) is 5.33 Å². The molecule has 13 heavy (non-hydrogen) atoms. The highest BCUT2D eigenvalue weighted by Gasteiger charge is 2.06. The summed E-state index contributed by atoms with van der Waals surface area (Å²) in [6, 6.07) is 5.04. The van der Waals surface area contributed by atoms with Crippen LogP contribution < -0.4 is 0 Å². The summed E-state index contributed by atoms with van der Waals surface area (Å²) in [5.41, 5.74) is 1.41. The minimum absolute atomic E-state index is 0.0158. The number of phenolic OH excluding ortho intramolecular Hbond substituents is 1. The van der Waals surface area contributed by atoms with Crippen LogP contribution in [0.4, 0.5) is 0 Å². The number of aryl methyl sites for hydroxylation is 1. The third kappa shape index (κ3) is 2.31. The summed E-state index contributed by atoms with van der Waals surface area (Å²) in [5, 5.41) is 9.76. The van der Waals surface area contributed by atoms with Gasteiger partial charge in [0.15, 0.2) is 5.78 Å². The molecule has 0 aliphatic carbocycles. The van der Waals surface area contributed by atoms with Gasteiger partial charge in [0.2, 0.25) is 0 Å². The van der Waals surface area contributed by atoms with Crippen molar-refractivity contribution in [3.63, 3.8) is 0 Å². The molecule has 0 atom stereocenters. The minimum Gasteiger partial charge on any atom is -0.508 e. The van der Waals surface area contributed by atoms with Crippen molar-refractivity contribution < 1.29 is 9.90 Å². The molecule has 3 heteroatoms. The number of carbonyl (C=O) groups is 1. The Labute approximate surface area is 85.7 Å². The summed E-state index contributed by atoms with van der Waals surface area (Å²) >= 11 is 3.08. The summed E-state index contributed by atoms with van der Waals surface area (Å²) in [6.45, 7) is 1.96. The molecule has 1 aromatic rings. The number of aromatic hydroxyl groups is 1. The second-order valence-electron chi connectivity index (χ2n) is 2.75. The molecule has 0 aliphatic rings. The van der Waals surface area contributed by atoms with E-state index in [9.17, 15) is 9.90 Å². The molecule has 0 fully saturated rings. The van der Waals surface area contributed by atoms with E-state index in [0.717, 1.165) is 12.0 Å². The molecule has 0 radical (unpaired) electrons. The van der Waals surface area contributed by atoms with E-state index >= 15 is 0 Å². The van der Waals surface area contributed by atoms with Crippen molar-refractivity contribution in [1.29, 1.82) is 0 Å². The van der Waals surface area contributed by atoms with Gasteiger partial charge < -0.3 is 5.11 Å². The van der Waals surface area contributed by atoms with Gasteiger partial charge in [-0.05, 0) is 18.1 Å². The van der Waals surface area contributed by atoms with Gasteiger partial charge in [0.25, 0.3) is 0 Å². The van der Waals surface area contributed by atoms with Gasteiger partial charge in [-0.15, -0.1) is 0 Å². The Hall–Kier alpha value is -0.830. The predicted octanol–water partition coefficient (Wildman–Crippen LogP) is 2.53. The molecule has 0 unspecified atom stereocenters. The van der Waals surface area contributed by atoms with Crippen LogP contribution in [-0.4, -0.2) is 16.2 Å². The molecule has 1 N–H and O–H groups in total. The lowest BCUT2D eigenvalue weighted by molar-refractivity contribution is 0.102. The zero-order chi connectivity index (χ0) is 9.84. The fourth-order valence-corrected chi connectivity index (χ4v) is 1.44. The van der Waals surface area contributed by atoms with Gasteiger partial charge in [-0.3, -0.25) is 4.79 Å². The molecule has 0 aliphatic heterocycles. The molecular formula is C10H11BrO2. The van der Waals surface area contributed by atoms with Gasteiger partial charge in [0, 0.05) is 5.56 Å². The molecule has 0 saturated heterocycles. The van der Waals surface area contributed by atoms with Crippen LogP contribution in [0, 0.1) is 0 Å². The van der Waals surface area contributed by atoms with Crippen LogP contribution in [0.15, 0.2) is 18.2 Å². The highest BCUT2D eigenvalue weighted by Crippen LogP contribution is 2.19. The number of alkyl halides is 1. The van der Waals surface area contributed by atoms with Crippen molar-refractivity contribution >= 4 is 21.7 Å². The molecule has 1 rings (SSSR count). The number of hydrogen-bond donors (Lipinski definition) is 1. The number of ketones is 1. The van der Waals surface area contributed by atoms with Gasteiger partial charge in [0.1, 0.15) is 5.75 Å². The highest BCUT2D eigenvalue weighted by atomic mass is 79.9. The third-order valence-electron chi connectivity index (χ3n) is 1.91. The molecule has 70 valence electrons. The van der Waals surface area contributed by atoms with Crippen LogP contribution in [0.1, 0.15) is 22.8 Å². The van der Waals surface area contributed by atoms with Crippen LogP contribution in [-0.2, 0) is 6.42 Å². The number of carbonyl (C=O) groups excluding carboxylic acids is 1. The predicted molar refractivity (Wildman–Crippen MR) is 55.6 cm³/mol. The maximum Gasteiger partial charge on any atom is 0.173 e. The van der Waals surface area contributed by atoms with E-state index in [1.165, 1.54) is 6.07 Å². The van der Waals surface area contributed by atoms with Crippen molar-refractivity contribution in [1.82, 2.24) is 0 Å². The molecule has 0 bridgehead atoms. The summed E-state index contributed by atoms with van der Waals surface area (Å²) in [6.07, 6.45) is 0.772. The lowest BCUT2D eigenvalue weighted by atomic mass is 10.1. The van der Waals surface area contributed by atoms with E-state index in [4.69, 9.17) is 0 Å². The van der Waals surface area contributed by atoms with E-state index in [2.05, 4.69) is 15.9 Å². The smallest absolute Gasteiger partial charge is 0.173 e. The Bertz CT molecular complexity index is 321. The van der Waals surface area contributed by atoms with Crippen LogP contribution >= 0.6 is 15.9 Å². The largest absolute Gasteiger partial charge is 0.508 e. The van der Waals surface area contributed by atoms with Crippen LogP contribution in [0.5, 0.6) is 5.75 Å². The normalized spacial score (nSPS) is 10.0. The molecular weight excluding hydrogens is 232 g/mol. The Morgan fingerprint density at radius 2 is 2.23 bits per heavy atom. The molecule has 0 spiro atoms.